The number of hydrogen-bond donors (Lipinski definition) is 2. The van der Waals surface area contributed by atoms with Gasteiger partial charge in [0.2, 0.25) is 0 Å². The Morgan fingerprint density at radius 1 is 1.42 bits per heavy atom. The van der Waals surface area contributed by atoms with Crippen LogP contribution in [0.5, 0.6) is 5.75 Å². The van der Waals surface area contributed by atoms with Crippen molar-refractivity contribution in [3.63, 3.8) is 0 Å². The van der Waals surface area contributed by atoms with Gasteiger partial charge >= 0.3 is 0 Å². The average Bonchev–Trinajstić information content (AvgIpc) is 2.41. The lowest BCUT2D eigenvalue weighted by Crippen LogP contribution is -2.23. The molecule has 0 aliphatic rings. The summed E-state index contributed by atoms with van der Waals surface area (Å²) >= 11 is 6.03. The number of nitrogen functional groups attached to an aromatic ring is 1. The maximum atomic E-state index is 11.9. The molecule has 0 spiro atoms. The third-order valence-electron chi connectivity index (χ3n) is 2.75. The second-order valence-electron chi connectivity index (χ2n) is 3.93. The van der Waals surface area contributed by atoms with Crippen LogP contribution in [0.2, 0.25) is 5.02 Å². The fourth-order valence-electron chi connectivity index (χ4n) is 1.70. The summed E-state index contributed by atoms with van der Waals surface area (Å²) in [6.45, 7) is 0.117. The van der Waals surface area contributed by atoms with Crippen molar-refractivity contribution in [1.82, 2.24) is 4.57 Å². The molecule has 0 unspecified atom stereocenters. The number of nitrogens with zero attached hydrogens (tertiary/aromatic N) is 2. The smallest absolute Gasteiger partial charge is 0.277 e. The van der Waals surface area contributed by atoms with Gasteiger partial charge in [0.25, 0.3) is 5.56 Å². The van der Waals surface area contributed by atoms with Gasteiger partial charge in [-0.05, 0) is 18.2 Å². The Hall–Kier alpha value is -2.45. The van der Waals surface area contributed by atoms with Crippen LogP contribution in [0.1, 0.15) is 11.1 Å². The standard InChI is InChI=1S/C13H10ClN3O2/c14-10-3-1-2-8(6-15)9(10)7-17-5-4-11(18)12(16)13(17)19/h1-5,18H,7,16H2. The van der Waals surface area contributed by atoms with E-state index in [-0.39, 0.29) is 18.0 Å². The molecule has 0 aliphatic heterocycles. The highest BCUT2D eigenvalue weighted by atomic mass is 35.5. The van der Waals surface area contributed by atoms with Crippen molar-refractivity contribution in [2.24, 2.45) is 0 Å². The minimum Gasteiger partial charge on any atom is -0.506 e. The van der Waals surface area contributed by atoms with Crippen LogP contribution < -0.4 is 11.3 Å². The third-order valence-corrected chi connectivity index (χ3v) is 3.10. The molecule has 0 amide bonds. The van der Waals surface area contributed by atoms with Gasteiger partial charge in [-0.15, -0.1) is 0 Å². The average molecular weight is 276 g/mol. The van der Waals surface area contributed by atoms with Gasteiger partial charge in [-0.2, -0.15) is 5.26 Å². The van der Waals surface area contributed by atoms with Crippen LogP contribution in [0.15, 0.2) is 35.3 Å². The van der Waals surface area contributed by atoms with E-state index in [1.54, 1.807) is 18.2 Å². The molecule has 0 aliphatic carbocycles. The van der Waals surface area contributed by atoms with Crippen LogP contribution >= 0.6 is 11.6 Å². The first kappa shape index (κ1) is 13.0. The van der Waals surface area contributed by atoms with Gasteiger partial charge in [-0.25, -0.2) is 0 Å². The number of aromatic nitrogens is 1. The van der Waals surface area contributed by atoms with Crippen LogP contribution in [0, 0.1) is 11.3 Å². The molecule has 1 aromatic heterocycles. The second kappa shape index (κ2) is 5.04. The highest BCUT2D eigenvalue weighted by molar-refractivity contribution is 6.31. The topological polar surface area (TPSA) is 92.0 Å². The summed E-state index contributed by atoms with van der Waals surface area (Å²) in [6.07, 6.45) is 1.40. The van der Waals surface area contributed by atoms with Crippen LogP contribution in [0.25, 0.3) is 0 Å². The van der Waals surface area contributed by atoms with Crippen molar-refractivity contribution in [2.45, 2.75) is 6.54 Å². The summed E-state index contributed by atoms with van der Waals surface area (Å²) in [7, 11) is 0. The van der Waals surface area contributed by atoms with Gasteiger partial charge in [-0.3, -0.25) is 4.79 Å². The van der Waals surface area contributed by atoms with E-state index in [2.05, 4.69) is 0 Å². The summed E-state index contributed by atoms with van der Waals surface area (Å²) in [4.78, 5) is 11.9. The van der Waals surface area contributed by atoms with E-state index in [4.69, 9.17) is 22.6 Å². The van der Waals surface area contributed by atoms with Crippen LogP contribution in [-0.2, 0) is 6.54 Å². The quantitative estimate of drug-likeness (QED) is 0.873. The van der Waals surface area contributed by atoms with Crippen molar-refractivity contribution < 1.29 is 5.11 Å². The molecule has 5 nitrogen and oxygen atoms in total. The molecule has 1 aromatic carbocycles. The van der Waals surface area contributed by atoms with Crippen molar-refractivity contribution in [3.05, 3.63) is 57.0 Å². The monoisotopic (exact) mass is 275 g/mol. The molecule has 1 heterocycles. The van der Waals surface area contributed by atoms with E-state index < -0.39 is 5.56 Å². The molecule has 0 bridgehead atoms. The summed E-state index contributed by atoms with van der Waals surface area (Å²) in [6, 6.07) is 8.27. The molecule has 2 rings (SSSR count). The predicted molar refractivity (Wildman–Crippen MR) is 72.0 cm³/mol. The molecule has 96 valence electrons. The van der Waals surface area contributed by atoms with E-state index in [0.717, 1.165) is 0 Å². The van der Waals surface area contributed by atoms with E-state index in [1.807, 2.05) is 6.07 Å². The van der Waals surface area contributed by atoms with Crippen molar-refractivity contribution in [1.29, 1.82) is 5.26 Å². The van der Waals surface area contributed by atoms with Gasteiger partial charge in [0.1, 0.15) is 11.4 Å². The molecule has 19 heavy (non-hydrogen) atoms. The highest BCUT2D eigenvalue weighted by Crippen LogP contribution is 2.21. The number of benzene rings is 1. The lowest BCUT2D eigenvalue weighted by Gasteiger charge is -2.10. The Bertz CT molecular complexity index is 732. The number of anilines is 1. The van der Waals surface area contributed by atoms with Gasteiger partial charge < -0.3 is 15.4 Å². The number of hydrogen-bond acceptors (Lipinski definition) is 4. The molecule has 0 atom stereocenters. The Morgan fingerprint density at radius 2 is 2.16 bits per heavy atom. The summed E-state index contributed by atoms with van der Waals surface area (Å²) < 4.78 is 1.29. The fourth-order valence-corrected chi connectivity index (χ4v) is 1.94. The maximum Gasteiger partial charge on any atom is 0.277 e. The lowest BCUT2D eigenvalue weighted by molar-refractivity contribution is 0.474. The van der Waals surface area contributed by atoms with Gasteiger partial charge in [-0.1, -0.05) is 17.7 Å². The molecule has 0 radical (unpaired) electrons. The second-order valence-corrected chi connectivity index (χ2v) is 4.33. The number of pyridine rings is 1. The summed E-state index contributed by atoms with van der Waals surface area (Å²) in [5.74, 6) is -0.263. The Morgan fingerprint density at radius 3 is 2.84 bits per heavy atom. The molecular formula is C13H10ClN3O2. The minimum atomic E-state index is -0.524. The van der Waals surface area contributed by atoms with Gasteiger partial charge in [0, 0.05) is 16.8 Å². The Kier molecular flexibility index (Phi) is 3.45. The maximum absolute atomic E-state index is 11.9. The molecule has 0 saturated heterocycles. The lowest BCUT2D eigenvalue weighted by atomic mass is 10.1. The molecule has 2 aromatic rings. The normalized spacial score (nSPS) is 10.1. The molecule has 3 N–H and O–H groups in total. The molecule has 0 fully saturated rings. The SMILES string of the molecule is N#Cc1cccc(Cl)c1Cn1ccc(O)c(N)c1=O. The Balaban J connectivity index is 2.52. The minimum absolute atomic E-state index is 0.117. The summed E-state index contributed by atoms with van der Waals surface area (Å²) in [5, 5.41) is 18.8. The highest BCUT2D eigenvalue weighted by Gasteiger charge is 2.10. The van der Waals surface area contributed by atoms with Crippen LogP contribution in [0.4, 0.5) is 5.69 Å². The zero-order valence-electron chi connectivity index (χ0n) is 9.80. The van der Waals surface area contributed by atoms with Crippen LogP contribution in [0.3, 0.4) is 0 Å². The van der Waals surface area contributed by atoms with E-state index in [9.17, 15) is 9.90 Å². The first-order valence-corrected chi connectivity index (χ1v) is 5.77. The van der Waals surface area contributed by atoms with Crippen molar-refractivity contribution in [2.75, 3.05) is 5.73 Å². The largest absolute Gasteiger partial charge is 0.506 e. The van der Waals surface area contributed by atoms with E-state index in [1.165, 1.54) is 16.8 Å². The number of nitrogens with two attached hydrogens (primary N) is 1. The molecular weight excluding hydrogens is 266 g/mol. The number of nitriles is 1. The number of aromatic hydroxyl groups is 1. The van der Waals surface area contributed by atoms with Gasteiger partial charge in [0.05, 0.1) is 18.2 Å². The zero-order valence-corrected chi connectivity index (χ0v) is 10.6. The number of halogens is 1. The first-order chi connectivity index (χ1) is 9.04. The van der Waals surface area contributed by atoms with Gasteiger partial charge in [0.15, 0.2) is 0 Å². The van der Waals surface area contributed by atoms with Crippen molar-refractivity contribution >= 4 is 17.3 Å². The zero-order chi connectivity index (χ0) is 14.0. The number of rotatable bonds is 2. The Labute approximate surface area is 114 Å². The first-order valence-electron chi connectivity index (χ1n) is 5.40. The summed E-state index contributed by atoms with van der Waals surface area (Å²) in [5.41, 5.74) is 5.65. The van der Waals surface area contributed by atoms with E-state index in [0.29, 0.717) is 16.1 Å². The molecule has 0 saturated carbocycles. The van der Waals surface area contributed by atoms with E-state index >= 15 is 0 Å². The third kappa shape index (κ3) is 2.39. The van der Waals surface area contributed by atoms with Crippen molar-refractivity contribution in [3.8, 4) is 11.8 Å². The molecule has 6 heteroatoms. The fraction of sp³-hybridized carbons (Fsp3) is 0.0769. The predicted octanol–water partition coefficient (Wildman–Crippen LogP) is 1.71. The van der Waals surface area contributed by atoms with Crippen LogP contribution in [-0.4, -0.2) is 9.67 Å².